The summed E-state index contributed by atoms with van der Waals surface area (Å²) in [6, 6.07) is 4.06. The van der Waals surface area contributed by atoms with Crippen molar-refractivity contribution in [3.8, 4) is 0 Å². The minimum atomic E-state index is -0.399. The highest BCUT2D eigenvalue weighted by Crippen LogP contribution is 2.23. The largest absolute Gasteiger partial charge is 0.397 e. The van der Waals surface area contributed by atoms with Crippen LogP contribution in [0.25, 0.3) is 0 Å². The molecule has 84 valence electrons. The third-order valence-corrected chi connectivity index (χ3v) is 2.07. The summed E-state index contributed by atoms with van der Waals surface area (Å²) in [6.07, 6.45) is 0. The summed E-state index contributed by atoms with van der Waals surface area (Å²) in [6.45, 7) is 0.625. The van der Waals surface area contributed by atoms with Gasteiger partial charge in [0.15, 0.2) is 0 Å². The number of nitrogens with zero attached hydrogens (tertiary/aromatic N) is 1. The molecule has 4 N–H and O–H groups in total. The Kier molecular flexibility index (Phi) is 4.33. The van der Waals surface area contributed by atoms with Gasteiger partial charge in [-0.1, -0.05) is 0 Å². The number of halogens is 1. The monoisotopic (exact) mass is 214 g/mol. The second-order valence-corrected chi connectivity index (χ2v) is 3.14. The molecule has 0 fully saturated rings. The molecule has 0 atom stereocenters. The van der Waals surface area contributed by atoms with Gasteiger partial charge in [0, 0.05) is 13.1 Å². The predicted octanol–water partition coefficient (Wildman–Crippen LogP) is 0.199. The van der Waals surface area contributed by atoms with Gasteiger partial charge in [-0.05, 0) is 18.2 Å². The minimum absolute atomic E-state index is 0.0448. The molecule has 0 saturated carbocycles. The molecule has 1 rings (SSSR count). The summed E-state index contributed by atoms with van der Waals surface area (Å²) in [5.41, 5.74) is 6.57. The van der Waals surface area contributed by atoms with Crippen LogP contribution in [0.4, 0.5) is 15.8 Å². The maximum atomic E-state index is 12.8. The van der Waals surface area contributed by atoms with Gasteiger partial charge in [0.25, 0.3) is 0 Å². The fourth-order valence-electron chi connectivity index (χ4n) is 1.41. The van der Waals surface area contributed by atoms with Crippen molar-refractivity contribution < 1.29 is 14.6 Å². The topological polar surface area (TPSA) is 69.7 Å². The molecule has 1 aromatic rings. The Labute approximate surface area is 87.7 Å². The Hall–Kier alpha value is -1.33. The zero-order valence-electron chi connectivity index (χ0n) is 8.36. The first kappa shape index (κ1) is 11.7. The third kappa shape index (κ3) is 3.07. The molecule has 0 saturated heterocycles. The minimum Gasteiger partial charge on any atom is -0.397 e. The van der Waals surface area contributed by atoms with E-state index in [-0.39, 0.29) is 13.2 Å². The van der Waals surface area contributed by atoms with Gasteiger partial charge in [-0.25, -0.2) is 4.39 Å². The first-order valence-corrected chi connectivity index (χ1v) is 4.70. The van der Waals surface area contributed by atoms with Gasteiger partial charge >= 0.3 is 0 Å². The number of nitrogen functional groups attached to an aromatic ring is 1. The van der Waals surface area contributed by atoms with E-state index in [1.54, 1.807) is 4.90 Å². The number of rotatable bonds is 5. The molecule has 0 aliphatic carbocycles. The normalized spacial score (nSPS) is 10.3. The SMILES string of the molecule is Nc1cc(F)ccc1N(CCO)CCO. The van der Waals surface area contributed by atoms with Crippen LogP contribution in [0, 0.1) is 5.82 Å². The van der Waals surface area contributed by atoms with Crippen LogP contribution in [0.3, 0.4) is 0 Å². The number of aliphatic hydroxyl groups is 2. The van der Waals surface area contributed by atoms with Crippen LogP contribution in [0.5, 0.6) is 0 Å². The summed E-state index contributed by atoms with van der Waals surface area (Å²) >= 11 is 0. The Balaban J connectivity index is 2.89. The van der Waals surface area contributed by atoms with E-state index in [1.807, 2.05) is 0 Å². The van der Waals surface area contributed by atoms with Crippen molar-refractivity contribution >= 4 is 11.4 Å². The molecule has 15 heavy (non-hydrogen) atoms. The van der Waals surface area contributed by atoms with Crippen molar-refractivity contribution in [2.24, 2.45) is 0 Å². The Morgan fingerprint density at radius 1 is 1.20 bits per heavy atom. The highest BCUT2D eigenvalue weighted by molar-refractivity contribution is 5.67. The van der Waals surface area contributed by atoms with Gasteiger partial charge in [0.05, 0.1) is 24.6 Å². The fourth-order valence-corrected chi connectivity index (χ4v) is 1.41. The molecule has 0 aromatic heterocycles. The molecule has 0 amide bonds. The average Bonchev–Trinajstić information content (AvgIpc) is 2.17. The van der Waals surface area contributed by atoms with Crippen molar-refractivity contribution in [1.29, 1.82) is 0 Å². The second-order valence-electron chi connectivity index (χ2n) is 3.14. The summed E-state index contributed by atoms with van der Waals surface area (Å²) in [7, 11) is 0. The number of aliphatic hydroxyl groups excluding tert-OH is 2. The lowest BCUT2D eigenvalue weighted by Crippen LogP contribution is -2.30. The van der Waals surface area contributed by atoms with Gasteiger partial charge < -0.3 is 20.8 Å². The molecule has 5 heteroatoms. The summed E-state index contributed by atoms with van der Waals surface area (Å²) in [5.74, 6) is -0.399. The highest BCUT2D eigenvalue weighted by atomic mass is 19.1. The molecule has 0 aliphatic heterocycles. The van der Waals surface area contributed by atoms with Gasteiger partial charge in [-0.2, -0.15) is 0 Å². The lowest BCUT2D eigenvalue weighted by atomic mass is 10.2. The van der Waals surface area contributed by atoms with Crippen LogP contribution >= 0.6 is 0 Å². The van der Waals surface area contributed by atoms with Crippen molar-refractivity contribution in [3.63, 3.8) is 0 Å². The predicted molar refractivity (Wildman–Crippen MR) is 57.2 cm³/mol. The number of hydrogen-bond acceptors (Lipinski definition) is 4. The van der Waals surface area contributed by atoms with Crippen molar-refractivity contribution in [2.45, 2.75) is 0 Å². The lowest BCUT2D eigenvalue weighted by Gasteiger charge is -2.24. The van der Waals surface area contributed by atoms with Crippen molar-refractivity contribution in [2.75, 3.05) is 36.9 Å². The smallest absolute Gasteiger partial charge is 0.125 e. The molecule has 0 unspecified atom stereocenters. The van der Waals surface area contributed by atoms with Gasteiger partial charge in [-0.3, -0.25) is 0 Å². The van der Waals surface area contributed by atoms with Crippen molar-refractivity contribution in [1.82, 2.24) is 0 Å². The van der Waals surface area contributed by atoms with E-state index >= 15 is 0 Å². The van der Waals surface area contributed by atoms with E-state index in [1.165, 1.54) is 18.2 Å². The van der Waals surface area contributed by atoms with Crippen LogP contribution in [-0.4, -0.2) is 36.5 Å². The molecule has 0 heterocycles. The van der Waals surface area contributed by atoms with Crippen LogP contribution in [0.2, 0.25) is 0 Å². The molecule has 0 radical (unpaired) electrons. The lowest BCUT2D eigenvalue weighted by molar-refractivity contribution is 0.281. The fraction of sp³-hybridized carbons (Fsp3) is 0.400. The van der Waals surface area contributed by atoms with E-state index in [4.69, 9.17) is 15.9 Å². The maximum absolute atomic E-state index is 12.8. The summed E-state index contributed by atoms with van der Waals surface area (Å²) in [5, 5.41) is 17.7. The maximum Gasteiger partial charge on any atom is 0.125 e. The molecule has 0 spiro atoms. The molecule has 1 aromatic carbocycles. The first-order valence-electron chi connectivity index (χ1n) is 4.70. The van der Waals surface area contributed by atoms with Crippen LogP contribution < -0.4 is 10.6 Å². The van der Waals surface area contributed by atoms with E-state index in [9.17, 15) is 4.39 Å². The van der Waals surface area contributed by atoms with Crippen LogP contribution in [-0.2, 0) is 0 Å². The van der Waals surface area contributed by atoms with E-state index < -0.39 is 5.82 Å². The molecule has 0 bridgehead atoms. The molecule has 0 aliphatic rings. The van der Waals surface area contributed by atoms with Gasteiger partial charge in [0.1, 0.15) is 5.82 Å². The summed E-state index contributed by atoms with van der Waals surface area (Å²) < 4.78 is 12.8. The van der Waals surface area contributed by atoms with E-state index in [0.717, 1.165) is 0 Å². The Morgan fingerprint density at radius 3 is 2.27 bits per heavy atom. The number of nitrogens with two attached hydrogens (primary N) is 1. The number of anilines is 2. The van der Waals surface area contributed by atoms with Crippen LogP contribution in [0.15, 0.2) is 18.2 Å². The van der Waals surface area contributed by atoms with E-state index in [0.29, 0.717) is 24.5 Å². The number of hydrogen-bond donors (Lipinski definition) is 3. The standard InChI is InChI=1S/C10H15FN2O2/c11-8-1-2-10(9(12)7-8)13(3-5-14)4-6-15/h1-2,7,14-15H,3-6,12H2. The zero-order valence-corrected chi connectivity index (χ0v) is 8.36. The molecule has 4 nitrogen and oxygen atoms in total. The van der Waals surface area contributed by atoms with Crippen molar-refractivity contribution in [3.05, 3.63) is 24.0 Å². The highest BCUT2D eigenvalue weighted by Gasteiger charge is 2.09. The van der Waals surface area contributed by atoms with Crippen LogP contribution in [0.1, 0.15) is 0 Å². The zero-order chi connectivity index (χ0) is 11.3. The molecular formula is C10H15FN2O2. The van der Waals surface area contributed by atoms with Gasteiger partial charge in [0.2, 0.25) is 0 Å². The second kappa shape index (κ2) is 5.53. The Bertz CT molecular complexity index is 314. The quantitative estimate of drug-likeness (QED) is 0.612. The number of benzene rings is 1. The summed E-state index contributed by atoms with van der Waals surface area (Å²) in [4.78, 5) is 1.70. The Morgan fingerprint density at radius 2 is 1.80 bits per heavy atom. The van der Waals surface area contributed by atoms with Gasteiger partial charge in [-0.15, -0.1) is 0 Å². The molecular weight excluding hydrogens is 199 g/mol. The van der Waals surface area contributed by atoms with E-state index in [2.05, 4.69) is 0 Å². The first-order chi connectivity index (χ1) is 7.19. The third-order valence-electron chi connectivity index (χ3n) is 2.07. The average molecular weight is 214 g/mol.